The van der Waals surface area contributed by atoms with Gasteiger partial charge >= 0.3 is 0 Å². The maximum absolute atomic E-state index is 5.82. The van der Waals surface area contributed by atoms with Gasteiger partial charge in [-0.2, -0.15) is 0 Å². The molecule has 0 saturated heterocycles. The predicted octanol–water partition coefficient (Wildman–Crippen LogP) is 8.79. The minimum absolute atomic E-state index is 0.360. The van der Waals surface area contributed by atoms with Crippen LogP contribution in [0.1, 0.15) is 88.2 Å². The van der Waals surface area contributed by atoms with Crippen molar-refractivity contribution in [1.29, 1.82) is 0 Å². The van der Waals surface area contributed by atoms with Crippen LogP contribution in [0, 0.1) is 35.5 Å². The van der Waals surface area contributed by atoms with Gasteiger partial charge in [-0.3, -0.25) is 0 Å². The van der Waals surface area contributed by atoms with E-state index < -0.39 is 0 Å². The van der Waals surface area contributed by atoms with Crippen LogP contribution in [0.4, 0.5) is 0 Å². The highest BCUT2D eigenvalue weighted by molar-refractivity contribution is 7.99. The van der Waals surface area contributed by atoms with E-state index in [-0.39, 0.29) is 0 Å². The largest absolute Gasteiger partial charge is 0.497 e. The van der Waals surface area contributed by atoms with Crippen LogP contribution in [0.2, 0.25) is 0 Å². The molecule has 0 aromatic heterocycles. The zero-order valence-corrected chi connectivity index (χ0v) is 23.5. The topological polar surface area (TPSA) is 18.5 Å². The van der Waals surface area contributed by atoms with Gasteiger partial charge < -0.3 is 9.47 Å². The molecule has 0 heterocycles. The zero-order valence-electron chi connectivity index (χ0n) is 22.6. The van der Waals surface area contributed by atoms with Crippen molar-refractivity contribution in [1.82, 2.24) is 0 Å². The second kappa shape index (κ2) is 8.44. The van der Waals surface area contributed by atoms with Crippen LogP contribution in [0.25, 0.3) is 0 Å². The summed E-state index contributed by atoms with van der Waals surface area (Å²) in [5, 5.41) is 0. The number of methoxy groups -OCH3 is 2. The Morgan fingerprint density at radius 2 is 0.865 bits per heavy atom. The fourth-order valence-electron chi connectivity index (χ4n) is 11.3. The van der Waals surface area contributed by atoms with E-state index in [0.29, 0.717) is 10.8 Å². The Bertz CT molecular complexity index is 1050. The van der Waals surface area contributed by atoms with Crippen molar-refractivity contribution in [3.8, 4) is 11.5 Å². The van der Waals surface area contributed by atoms with Crippen LogP contribution in [0.15, 0.2) is 46.2 Å². The SMILES string of the molecule is COc1ccc(Sc2ccc(OC)cc2C23CC4CC(CC(C4)C2)C3)c(C23CC4CC(CC(C4)C2)C3)c1. The van der Waals surface area contributed by atoms with Crippen LogP contribution in [-0.4, -0.2) is 14.2 Å². The first-order valence-corrected chi connectivity index (χ1v) is 15.9. The first-order valence-electron chi connectivity index (χ1n) is 15.1. The van der Waals surface area contributed by atoms with E-state index >= 15 is 0 Å². The minimum Gasteiger partial charge on any atom is -0.497 e. The molecule has 0 N–H and O–H groups in total. The van der Waals surface area contributed by atoms with E-state index in [1.54, 1.807) is 11.1 Å². The van der Waals surface area contributed by atoms with Crippen molar-refractivity contribution in [2.45, 2.75) is 97.7 Å². The van der Waals surface area contributed by atoms with Gasteiger partial charge in [0.05, 0.1) is 14.2 Å². The molecule has 2 aromatic rings. The molecule has 8 aliphatic rings. The maximum Gasteiger partial charge on any atom is 0.119 e. The molecule has 8 fully saturated rings. The lowest BCUT2D eigenvalue weighted by Gasteiger charge is -2.58. The molecule has 2 nitrogen and oxygen atoms in total. The van der Waals surface area contributed by atoms with Crippen molar-refractivity contribution in [2.24, 2.45) is 35.5 Å². The molecular formula is C34H42O2S. The summed E-state index contributed by atoms with van der Waals surface area (Å²) in [7, 11) is 3.67. The van der Waals surface area contributed by atoms with E-state index in [2.05, 4.69) is 48.2 Å². The monoisotopic (exact) mass is 514 g/mol. The van der Waals surface area contributed by atoms with Crippen LogP contribution < -0.4 is 9.47 Å². The molecule has 10 rings (SSSR count). The number of ether oxygens (including phenoxy) is 2. The van der Waals surface area contributed by atoms with Gasteiger partial charge in [0.2, 0.25) is 0 Å². The average molecular weight is 515 g/mol. The molecule has 0 spiro atoms. The van der Waals surface area contributed by atoms with Gasteiger partial charge in [-0.05, 0) is 171 Å². The summed E-state index contributed by atoms with van der Waals surface area (Å²) in [6.07, 6.45) is 17.3. The summed E-state index contributed by atoms with van der Waals surface area (Å²) in [6.45, 7) is 0. The van der Waals surface area contributed by atoms with Crippen molar-refractivity contribution in [3.63, 3.8) is 0 Å². The Balaban J connectivity index is 1.21. The number of rotatable bonds is 6. The Morgan fingerprint density at radius 3 is 1.16 bits per heavy atom. The van der Waals surface area contributed by atoms with Crippen LogP contribution >= 0.6 is 11.8 Å². The summed E-state index contributed by atoms with van der Waals surface area (Å²) in [6, 6.07) is 14.1. The highest BCUT2D eigenvalue weighted by atomic mass is 32.2. The third-order valence-electron chi connectivity index (χ3n) is 11.8. The molecule has 196 valence electrons. The number of benzene rings is 2. The number of hydrogen-bond donors (Lipinski definition) is 0. The van der Waals surface area contributed by atoms with Crippen LogP contribution in [0.5, 0.6) is 11.5 Å². The molecule has 8 bridgehead atoms. The first-order chi connectivity index (χ1) is 18.0. The summed E-state index contributed by atoms with van der Waals surface area (Å²) < 4.78 is 11.6. The van der Waals surface area contributed by atoms with Crippen LogP contribution in [-0.2, 0) is 10.8 Å². The van der Waals surface area contributed by atoms with Crippen molar-refractivity contribution in [3.05, 3.63) is 47.5 Å². The van der Waals surface area contributed by atoms with Crippen molar-refractivity contribution < 1.29 is 9.47 Å². The molecule has 0 amide bonds. The summed E-state index contributed by atoms with van der Waals surface area (Å²) in [5.41, 5.74) is 3.92. The molecule has 3 heteroatoms. The van der Waals surface area contributed by atoms with Gasteiger partial charge in [0.15, 0.2) is 0 Å². The number of hydrogen-bond acceptors (Lipinski definition) is 3. The van der Waals surface area contributed by atoms with Gasteiger partial charge in [0.25, 0.3) is 0 Å². The Morgan fingerprint density at radius 1 is 0.541 bits per heavy atom. The quantitative estimate of drug-likeness (QED) is 0.384. The summed E-state index contributed by atoms with van der Waals surface area (Å²) in [4.78, 5) is 2.97. The van der Waals surface area contributed by atoms with Gasteiger partial charge in [-0.15, -0.1) is 0 Å². The first kappa shape index (κ1) is 23.3. The Hall–Kier alpha value is -1.61. The molecule has 0 unspecified atom stereocenters. The zero-order chi connectivity index (χ0) is 24.8. The molecule has 0 radical (unpaired) electrons. The summed E-state index contributed by atoms with van der Waals surface area (Å²) >= 11 is 2.07. The van der Waals surface area contributed by atoms with Crippen molar-refractivity contribution >= 4 is 11.8 Å². The maximum atomic E-state index is 5.82. The summed E-state index contributed by atoms with van der Waals surface area (Å²) in [5.74, 6) is 7.73. The smallest absolute Gasteiger partial charge is 0.119 e. The van der Waals surface area contributed by atoms with Crippen molar-refractivity contribution in [2.75, 3.05) is 14.2 Å². The predicted molar refractivity (Wildman–Crippen MR) is 150 cm³/mol. The van der Waals surface area contributed by atoms with E-state index in [9.17, 15) is 0 Å². The second-order valence-corrected chi connectivity index (χ2v) is 15.3. The van der Waals surface area contributed by atoms with E-state index in [0.717, 1.165) is 47.0 Å². The minimum atomic E-state index is 0.360. The third-order valence-corrected chi connectivity index (χ3v) is 13.0. The lowest BCUT2D eigenvalue weighted by atomic mass is 9.48. The third kappa shape index (κ3) is 3.73. The molecular weight excluding hydrogens is 472 g/mol. The molecule has 37 heavy (non-hydrogen) atoms. The fraction of sp³-hybridized carbons (Fsp3) is 0.647. The highest BCUT2D eigenvalue weighted by Gasteiger charge is 2.54. The van der Waals surface area contributed by atoms with E-state index in [1.807, 2.05) is 14.2 Å². The average Bonchev–Trinajstić information content (AvgIpc) is 2.87. The second-order valence-electron chi connectivity index (χ2n) is 14.2. The molecule has 0 atom stereocenters. The molecule has 0 aliphatic heterocycles. The van der Waals surface area contributed by atoms with Crippen LogP contribution in [0.3, 0.4) is 0 Å². The Kier molecular flexibility index (Phi) is 5.31. The fourth-order valence-corrected chi connectivity index (χ4v) is 12.6. The normalized spacial score (nSPS) is 40.8. The standard InChI is InChI=1S/C34H42O2S/c1-35-27-3-5-31(29(13-27)33-15-21-7-22(16-33)9-23(8-21)17-33)37-32-6-4-28(36-2)14-30(32)34-18-24-10-25(19-34)12-26(11-24)20-34/h3-6,13-14,21-26H,7-12,15-20H2,1-2H3. The molecule has 2 aromatic carbocycles. The van der Waals surface area contributed by atoms with Gasteiger partial charge in [-0.1, -0.05) is 11.8 Å². The molecule has 8 saturated carbocycles. The Labute approximate surface area is 227 Å². The lowest BCUT2D eigenvalue weighted by Crippen LogP contribution is -2.49. The lowest BCUT2D eigenvalue weighted by molar-refractivity contribution is -0.00663. The van der Waals surface area contributed by atoms with Gasteiger partial charge in [0.1, 0.15) is 11.5 Å². The van der Waals surface area contributed by atoms with Gasteiger partial charge in [-0.25, -0.2) is 0 Å². The van der Waals surface area contributed by atoms with E-state index in [4.69, 9.17) is 9.47 Å². The highest BCUT2D eigenvalue weighted by Crippen LogP contribution is 2.64. The molecule has 8 aliphatic carbocycles. The van der Waals surface area contributed by atoms with Gasteiger partial charge in [0, 0.05) is 9.79 Å². The van der Waals surface area contributed by atoms with E-state index in [1.165, 1.54) is 86.8 Å².